The number of carboxylic acid groups (broad SMARTS) is 1. The molecule has 0 saturated heterocycles. The van der Waals surface area contributed by atoms with Crippen molar-refractivity contribution in [1.82, 2.24) is 9.55 Å². The highest BCUT2D eigenvalue weighted by molar-refractivity contribution is 5.68. The number of carboxylic acids is 1. The Morgan fingerprint density at radius 1 is 1.04 bits per heavy atom. The third-order valence-electron chi connectivity index (χ3n) is 4.17. The van der Waals surface area contributed by atoms with Gasteiger partial charge in [0, 0.05) is 12.1 Å². The molecule has 0 unspecified atom stereocenters. The first-order chi connectivity index (χ1) is 13.1. The van der Waals surface area contributed by atoms with E-state index in [1.807, 2.05) is 36.4 Å². The fourth-order valence-corrected chi connectivity index (χ4v) is 2.87. The molecule has 1 heterocycles. The van der Waals surface area contributed by atoms with Crippen molar-refractivity contribution in [1.29, 1.82) is 0 Å². The van der Waals surface area contributed by atoms with Gasteiger partial charge in [0.15, 0.2) is 0 Å². The molecule has 2 aromatic carbocycles. The molecule has 0 amide bonds. The summed E-state index contributed by atoms with van der Waals surface area (Å²) in [6.07, 6.45) is 3.22. The molecule has 0 atom stereocenters. The minimum absolute atomic E-state index is 0.309. The zero-order chi connectivity index (χ0) is 19.1. The summed E-state index contributed by atoms with van der Waals surface area (Å²) in [5, 5.41) is 12.3. The van der Waals surface area contributed by atoms with Crippen LogP contribution < -0.4 is 10.9 Å². The number of nitrogens with one attached hydrogen (secondary N) is 1. The number of rotatable bonds is 8. The van der Waals surface area contributed by atoms with E-state index in [1.165, 1.54) is 16.3 Å². The first-order valence-electron chi connectivity index (χ1n) is 8.80. The van der Waals surface area contributed by atoms with Gasteiger partial charge in [0.1, 0.15) is 18.1 Å². The van der Waals surface area contributed by atoms with Crippen LogP contribution in [-0.4, -0.2) is 27.2 Å². The van der Waals surface area contributed by atoms with Gasteiger partial charge >= 0.3 is 5.97 Å². The summed E-state index contributed by atoms with van der Waals surface area (Å²) in [6, 6.07) is 19.2. The molecule has 0 radical (unpaired) electrons. The van der Waals surface area contributed by atoms with E-state index in [0.717, 1.165) is 12.8 Å². The second-order valence-corrected chi connectivity index (χ2v) is 6.16. The molecular weight excluding hydrogens is 342 g/mol. The molecule has 138 valence electrons. The molecule has 2 N–H and O–H groups in total. The highest BCUT2D eigenvalue weighted by atomic mass is 16.4. The van der Waals surface area contributed by atoms with Crippen LogP contribution in [0.15, 0.2) is 71.7 Å². The summed E-state index contributed by atoms with van der Waals surface area (Å²) in [7, 11) is 0. The van der Waals surface area contributed by atoms with E-state index in [4.69, 9.17) is 0 Å². The number of aryl methyl sites for hydroxylation is 1. The molecule has 6 heteroatoms. The third-order valence-corrected chi connectivity index (χ3v) is 4.17. The lowest BCUT2D eigenvalue weighted by Gasteiger charge is -2.13. The molecule has 0 aliphatic carbocycles. The second kappa shape index (κ2) is 8.80. The average Bonchev–Trinajstić information content (AvgIpc) is 2.69. The number of nitrogens with zero attached hydrogens (tertiary/aromatic N) is 2. The van der Waals surface area contributed by atoms with Crippen molar-refractivity contribution in [2.45, 2.75) is 19.4 Å². The first-order valence-corrected chi connectivity index (χ1v) is 8.80. The van der Waals surface area contributed by atoms with E-state index in [1.54, 1.807) is 12.1 Å². The molecule has 1 aromatic heterocycles. The number of aliphatic carboxylic acids is 1. The Hall–Kier alpha value is -3.41. The van der Waals surface area contributed by atoms with Gasteiger partial charge in [-0.1, -0.05) is 60.7 Å². The Balaban J connectivity index is 1.76. The lowest BCUT2D eigenvalue weighted by molar-refractivity contribution is -0.137. The van der Waals surface area contributed by atoms with Gasteiger partial charge in [0.2, 0.25) is 0 Å². The Bertz CT molecular complexity index is 953. The molecule has 27 heavy (non-hydrogen) atoms. The fourth-order valence-electron chi connectivity index (χ4n) is 2.87. The summed E-state index contributed by atoms with van der Waals surface area (Å²) in [6.45, 7) is 0.166. The Kier molecular flexibility index (Phi) is 5.99. The normalized spacial score (nSPS) is 10.5. The largest absolute Gasteiger partial charge is 0.480 e. The number of hydrogen-bond acceptors (Lipinski definition) is 4. The van der Waals surface area contributed by atoms with Gasteiger partial charge in [-0.2, -0.15) is 0 Å². The number of hydrogen-bond donors (Lipinski definition) is 2. The predicted molar refractivity (Wildman–Crippen MR) is 105 cm³/mol. The van der Waals surface area contributed by atoms with E-state index in [-0.39, 0.29) is 5.56 Å². The number of benzene rings is 2. The first kappa shape index (κ1) is 18.4. The van der Waals surface area contributed by atoms with Gasteiger partial charge in [-0.25, -0.2) is 4.98 Å². The highest BCUT2D eigenvalue weighted by Gasteiger charge is 2.14. The minimum atomic E-state index is -1.09. The van der Waals surface area contributed by atoms with Crippen molar-refractivity contribution in [2.75, 3.05) is 11.9 Å². The Morgan fingerprint density at radius 3 is 2.37 bits per heavy atom. The van der Waals surface area contributed by atoms with Crippen LogP contribution in [0.4, 0.5) is 5.69 Å². The minimum Gasteiger partial charge on any atom is -0.480 e. The van der Waals surface area contributed by atoms with Crippen molar-refractivity contribution < 1.29 is 9.90 Å². The lowest BCUT2D eigenvalue weighted by Crippen LogP contribution is -2.29. The summed E-state index contributed by atoms with van der Waals surface area (Å²) in [5.41, 5.74) is 1.86. The maximum absolute atomic E-state index is 12.8. The number of aromatic nitrogens is 2. The smallest absolute Gasteiger partial charge is 0.323 e. The van der Waals surface area contributed by atoms with E-state index in [0.29, 0.717) is 23.6 Å². The van der Waals surface area contributed by atoms with Crippen molar-refractivity contribution >= 4 is 11.7 Å². The monoisotopic (exact) mass is 363 g/mol. The van der Waals surface area contributed by atoms with Crippen LogP contribution in [0.25, 0.3) is 11.4 Å². The summed E-state index contributed by atoms with van der Waals surface area (Å²) in [5.74, 6) is -0.741. The fraction of sp³-hybridized carbons (Fsp3) is 0.190. The Morgan fingerprint density at radius 2 is 1.70 bits per heavy atom. The van der Waals surface area contributed by atoms with E-state index in [9.17, 15) is 14.7 Å². The summed E-state index contributed by atoms with van der Waals surface area (Å²) in [4.78, 5) is 28.3. The van der Waals surface area contributed by atoms with Gasteiger partial charge in [-0.15, -0.1) is 0 Å². The van der Waals surface area contributed by atoms with Crippen molar-refractivity contribution in [2.24, 2.45) is 0 Å². The van der Waals surface area contributed by atoms with Crippen LogP contribution in [-0.2, 0) is 17.8 Å². The van der Waals surface area contributed by atoms with Gasteiger partial charge in [-0.3, -0.25) is 14.2 Å². The van der Waals surface area contributed by atoms with E-state index in [2.05, 4.69) is 22.4 Å². The third kappa shape index (κ3) is 4.82. The molecule has 3 aromatic rings. The summed E-state index contributed by atoms with van der Waals surface area (Å²) >= 11 is 0. The van der Waals surface area contributed by atoms with Crippen LogP contribution in [0, 0.1) is 0 Å². The van der Waals surface area contributed by atoms with Gasteiger partial charge in [-0.05, 0) is 18.4 Å². The Labute approximate surface area is 157 Å². The topological polar surface area (TPSA) is 84.2 Å². The van der Waals surface area contributed by atoms with E-state index >= 15 is 0 Å². The molecule has 6 nitrogen and oxygen atoms in total. The standard InChI is InChI=1S/C21H21N3O3/c25-19(26)15-24-20(17-11-5-2-6-12-17)23-14-18(21(24)27)22-13-7-10-16-8-3-1-4-9-16/h1-6,8-9,11-12,14,22H,7,10,13,15H2,(H,25,26). The quantitative estimate of drug-likeness (QED) is 0.601. The predicted octanol–water partition coefficient (Wildman–Crippen LogP) is 3.04. The highest BCUT2D eigenvalue weighted by Crippen LogP contribution is 2.16. The molecule has 0 bridgehead atoms. The van der Waals surface area contributed by atoms with Crippen LogP contribution in [0.3, 0.4) is 0 Å². The molecule has 0 fully saturated rings. The molecule has 0 aliphatic rings. The van der Waals surface area contributed by atoms with Crippen LogP contribution in [0.1, 0.15) is 12.0 Å². The SMILES string of the molecule is O=C(O)Cn1c(-c2ccccc2)ncc(NCCCc2ccccc2)c1=O. The number of carbonyl (C=O) groups is 1. The van der Waals surface area contributed by atoms with Crippen molar-refractivity contribution in [3.05, 3.63) is 82.8 Å². The van der Waals surface area contributed by atoms with Crippen LogP contribution >= 0.6 is 0 Å². The van der Waals surface area contributed by atoms with Gasteiger partial charge in [0.25, 0.3) is 5.56 Å². The maximum atomic E-state index is 12.8. The zero-order valence-corrected chi connectivity index (χ0v) is 14.8. The van der Waals surface area contributed by atoms with E-state index < -0.39 is 12.5 Å². The van der Waals surface area contributed by atoms with Gasteiger partial charge < -0.3 is 10.4 Å². The van der Waals surface area contributed by atoms with Crippen molar-refractivity contribution in [3.63, 3.8) is 0 Å². The summed E-state index contributed by atoms with van der Waals surface area (Å²) < 4.78 is 1.19. The number of anilines is 1. The zero-order valence-electron chi connectivity index (χ0n) is 14.8. The van der Waals surface area contributed by atoms with Crippen molar-refractivity contribution in [3.8, 4) is 11.4 Å². The maximum Gasteiger partial charge on any atom is 0.323 e. The lowest BCUT2D eigenvalue weighted by atomic mass is 10.1. The van der Waals surface area contributed by atoms with Crippen LogP contribution in [0.2, 0.25) is 0 Å². The molecule has 0 aliphatic heterocycles. The molecular formula is C21H21N3O3. The van der Waals surface area contributed by atoms with Gasteiger partial charge in [0.05, 0.1) is 6.20 Å². The molecule has 3 rings (SSSR count). The average molecular weight is 363 g/mol. The van der Waals surface area contributed by atoms with Crippen LogP contribution in [0.5, 0.6) is 0 Å². The molecule has 0 saturated carbocycles. The molecule has 0 spiro atoms. The second-order valence-electron chi connectivity index (χ2n) is 6.16.